The van der Waals surface area contributed by atoms with E-state index in [1.165, 1.54) is 28.9 Å². The van der Waals surface area contributed by atoms with E-state index in [4.69, 9.17) is 11.6 Å². The van der Waals surface area contributed by atoms with Gasteiger partial charge in [-0.25, -0.2) is 9.07 Å². The lowest BCUT2D eigenvalue weighted by Crippen LogP contribution is -2.36. The smallest absolute Gasteiger partial charge is 0.320 e. The van der Waals surface area contributed by atoms with Crippen LogP contribution in [0.1, 0.15) is 16.1 Å². The van der Waals surface area contributed by atoms with Crippen LogP contribution in [0.15, 0.2) is 71.2 Å². The van der Waals surface area contributed by atoms with Crippen molar-refractivity contribution >= 4 is 67.5 Å². The van der Waals surface area contributed by atoms with Crippen LogP contribution < -0.4 is 16.1 Å². The van der Waals surface area contributed by atoms with Crippen molar-refractivity contribution in [1.29, 1.82) is 0 Å². The van der Waals surface area contributed by atoms with E-state index in [1.54, 1.807) is 24.3 Å². The molecule has 0 spiro atoms. The Morgan fingerprint density at radius 3 is 2.41 bits per heavy atom. The van der Waals surface area contributed by atoms with E-state index in [1.807, 2.05) is 19.1 Å². The van der Waals surface area contributed by atoms with Crippen molar-refractivity contribution in [2.45, 2.75) is 6.92 Å². The Morgan fingerprint density at radius 2 is 1.68 bits per heavy atom. The second-order valence-electron chi connectivity index (χ2n) is 7.38. The summed E-state index contributed by atoms with van der Waals surface area (Å²) in [6.07, 6.45) is 0. The molecule has 3 amide bonds. The Morgan fingerprint density at radius 1 is 0.912 bits per heavy atom. The van der Waals surface area contributed by atoms with E-state index in [2.05, 4.69) is 32.0 Å². The van der Waals surface area contributed by atoms with Crippen LogP contribution >= 0.6 is 27.5 Å². The molecule has 0 atom stereocenters. The molecule has 34 heavy (non-hydrogen) atoms. The zero-order chi connectivity index (χ0) is 24.4. The molecule has 4 rings (SSSR count). The lowest BCUT2D eigenvalue weighted by atomic mass is 10.2. The second-order valence-corrected chi connectivity index (χ2v) is 8.67. The molecule has 3 aromatic carbocycles. The summed E-state index contributed by atoms with van der Waals surface area (Å²) in [5.74, 6) is -3.42. The van der Waals surface area contributed by atoms with Gasteiger partial charge in [0.15, 0.2) is 0 Å². The van der Waals surface area contributed by atoms with Gasteiger partial charge in [-0.1, -0.05) is 29.8 Å². The summed E-state index contributed by atoms with van der Waals surface area (Å²) in [4.78, 5) is 38.2. The van der Waals surface area contributed by atoms with Crippen LogP contribution in [0.25, 0.3) is 10.9 Å². The Balaban J connectivity index is 1.65. The second kappa shape index (κ2) is 9.66. The fourth-order valence-corrected chi connectivity index (χ4v) is 4.05. The minimum absolute atomic E-state index is 0.0526. The molecule has 0 radical (unpaired) electrons. The zero-order valence-electron chi connectivity index (χ0n) is 17.7. The third kappa shape index (κ3) is 4.95. The fraction of sp³-hybridized carbons (Fsp3) is 0.0417. The molecule has 0 aliphatic heterocycles. The summed E-state index contributed by atoms with van der Waals surface area (Å²) >= 11 is 9.50. The SMILES string of the molecule is Cc1ccc(NC(=O)c2cc3cc(Cl)ccc3n2NC(=O)C(=O)Nc2ccccc2F)c(Br)c1. The van der Waals surface area contributed by atoms with Gasteiger partial charge < -0.3 is 10.6 Å². The molecule has 7 nitrogen and oxygen atoms in total. The Labute approximate surface area is 207 Å². The highest BCUT2D eigenvalue weighted by molar-refractivity contribution is 9.10. The summed E-state index contributed by atoms with van der Waals surface area (Å²) < 4.78 is 15.7. The molecule has 0 bridgehead atoms. The maximum absolute atomic E-state index is 13.9. The number of carbonyl (C=O) groups is 3. The first-order valence-electron chi connectivity index (χ1n) is 9.98. The molecule has 10 heteroatoms. The van der Waals surface area contributed by atoms with Gasteiger partial charge in [0.05, 0.1) is 16.9 Å². The van der Waals surface area contributed by atoms with E-state index < -0.39 is 23.5 Å². The number of aryl methyl sites for hydroxylation is 1. The van der Waals surface area contributed by atoms with Crippen LogP contribution in [-0.2, 0) is 9.59 Å². The first-order chi connectivity index (χ1) is 16.2. The predicted octanol–water partition coefficient (Wildman–Crippen LogP) is 5.47. The molecule has 4 aromatic rings. The van der Waals surface area contributed by atoms with Crippen molar-refractivity contribution in [2.75, 3.05) is 16.1 Å². The summed E-state index contributed by atoms with van der Waals surface area (Å²) in [6.45, 7) is 1.92. The molecular formula is C24H17BrClFN4O3. The number of carbonyl (C=O) groups excluding carboxylic acids is 3. The van der Waals surface area contributed by atoms with Gasteiger partial charge in [0.1, 0.15) is 11.5 Å². The number of hydrogen-bond donors (Lipinski definition) is 3. The number of hydrogen-bond acceptors (Lipinski definition) is 3. The lowest BCUT2D eigenvalue weighted by molar-refractivity contribution is -0.133. The largest absolute Gasteiger partial charge is 0.328 e. The molecular weight excluding hydrogens is 527 g/mol. The van der Waals surface area contributed by atoms with Crippen molar-refractivity contribution in [2.24, 2.45) is 0 Å². The number of benzene rings is 3. The third-order valence-electron chi connectivity index (χ3n) is 4.91. The van der Waals surface area contributed by atoms with Crippen molar-refractivity contribution in [3.05, 3.63) is 93.3 Å². The van der Waals surface area contributed by atoms with Crippen LogP contribution in [0.4, 0.5) is 15.8 Å². The van der Waals surface area contributed by atoms with E-state index in [0.29, 0.717) is 26.1 Å². The number of anilines is 2. The van der Waals surface area contributed by atoms with Crippen LogP contribution in [0, 0.1) is 12.7 Å². The van der Waals surface area contributed by atoms with E-state index >= 15 is 0 Å². The predicted molar refractivity (Wildman–Crippen MR) is 133 cm³/mol. The highest BCUT2D eigenvalue weighted by Gasteiger charge is 2.22. The van der Waals surface area contributed by atoms with Crippen molar-refractivity contribution in [3.63, 3.8) is 0 Å². The first kappa shape index (κ1) is 23.5. The number of fused-ring (bicyclic) bond motifs is 1. The molecule has 0 aliphatic rings. The van der Waals surface area contributed by atoms with E-state index in [9.17, 15) is 18.8 Å². The fourth-order valence-electron chi connectivity index (χ4n) is 3.28. The van der Waals surface area contributed by atoms with Gasteiger partial charge in [-0.3, -0.25) is 19.8 Å². The average Bonchev–Trinajstić information content (AvgIpc) is 3.14. The molecule has 1 aromatic heterocycles. The van der Waals surface area contributed by atoms with Gasteiger partial charge in [-0.05, 0) is 76.9 Å². The minimum Gasteiger partial charge on any atom is -0.320 e. The highest BCUT2D eigenvalue weighted by atomic mass is 79.9. The molecule has 1 heterocycles. The first-order valence-corrected chi connectivity index (χ1v) is 11.2. The van der Waals surface area contributed by atoms with Crippen LogP contribution in [0.3, 0.4) is 0 Å². The van der Waals surface area contributed by atoms with Gasteiger partial charge >= 0.3 is 11.8 Å². The van der Waals surface area contributed by atoms with Crippen molar-refractivity contribution in [3.8, 4) is 0 Å². The normalized spacial score (nSPS) is 10.7. The third-order valence-corrected chi connectivity index (χ3v) is 5.80. The number of para-hydroxylation sites is 1. The molecule has 3 N–H and O–H groups in total. The standard InChI is InChI=1S/C24H17BrClFN4O3/c1-13-6-8-18(16(25)10-13)28-22(32)21-12-14-11-15(26)7-9-20(14)31(21)30-24(34)23(33)29-19-5-3-2-4-17(19)27/h2-12H,1H3,(H,28,32)(H,29,33)(H,30,34). The van der Waals surface area contributed by atoms with Crippen molar-refractivity contribution in [1.82, 2.24) is 4.68 Å². The van der Waals surface area contributed by atoms with Gasteiger partial charge in [-0.2, -0.15) is 0 Å². The lowest BCUT2D eigenvalue weighted by Gasteiger charge is -2.13. The topological polar surface area (TPSA) is 92.2 Å². The van der Waals surface area contributed by atoms with Crippen LogP contribution in [0.5, 0.6) is 0 Å². The Kier molecular flexibility index (Phi) is 6.67. The molecule has 0 aliphatic carbocycles. The summed E-state index contributed by atoms with van der Waals surface area (Å²) in [5.41, 5.74) is 4.28. The summed E-state index contributed by atoms with van der Waals surface area (Å²) in [7, 11) is 0. The number of rotatable bonds is 4. The number of halogens is 3. The van der Waals surface area contributed by atoms with Crippen LogP contribution in [-0.4, -0.2) is 22.4 Å². The van der Waals surface area contributed by atoms with Crippen molar-refractivity contribution < 1.29 is 18.8 Å². The van der Waals surface area contributed by atoms with E-state index in [-0.39, 0.29) is 11.4 Å². The molecule has 172 valence electrons. The zero-order valence-corrected chi connectivity index (χ0v) is 20.0. The number of nitrogens with one attached hydrogen (secondary N) is 3. The summed E-state index contributed by atoms with van der Waals surface area (Å²) in [5, 5.41) is 5.99. The summed E-state index contributed by atoms with van der Waals surface area (Å²) in [6, 6.07) is 17.2. The average molecular weight is 544 g/mol. The van der Waals surface area contributed by atoms with E-state index in [0.717, 1.165) is 11.6 Å². The van der Waals surface area contributed by atoms with Gasteiger partial charge in [0, 0.05) is 14.9 Å². The Bertz CT molecular complexity index is 1450. The maximum Gasteiger partial charge on any atom is 0.328 e. The Hall–Kier alpha value is -3.69. The van der Waals surface area contributed by atoms with Gasteiger partial charge in [0.25, 0.3) is 5.91 Å². The number of amides is 3. The number of aromatic nitrogens is 1. The van der Waals surface area contributed by atoms with Gasteiger partial charge in [0.2, 0.25) is 0 Å². The monoisotopic (exact) mass is 542 g/mol. The quantitative estimate of drug-likeness (QED) is 0.298. The molecule has 0 saturated carbocycles. The molecule has 0 saturated heterocycles. The number of nitrogens with zero attached hydrogens (tertiary/aromatic N) is 1. The van der Waals surface area contributed by atoms with Gasteiger partial charge in [-0.15, -0.1) is 0 Å². The maximum atomic E-state index is 13.9. The minimum atomic E-state index is -1.10. The highest BCUT2D eigenvalue weighted by Crippen LogP contribution is 2.26. The molecule has 0 fully saturated rings. The molecule has 0 unspecified atom stereocenters. The van der Waals surface area contributed by atoms with Crippen LogP contribution in [0.2, 0.25) is 5.02 Å².